The van der Waals surface area contributed by atoms with E-state index in [1.54, 1.807) is 24.3 Å². The number of hydrogen-bond acceptors (Lipinski definition) is 6. The van der Waals surface area contributed by atoms with Crippen LogP contribution in [-0.2, 0) is 0 Å². The lowest BCUT2D eigenvalue weighted by atomic mass is 10.2. The molecular weight excluding hydrogens is 1420 g/mol. The van der Waals surface area contributed by atoms with Gasteiger partial charge in [0, 0.05) is 54.2 Å². The van der Waals surface area contributed by atoms with Gasteiger partial charge >= 0.3 is 0 Å². The normalized spacial score (nSPS) is 17.0. The monoisotopic (exact) mass is 1530 g/mol. The van der Waals surface area contributed by atoms with Gasteiger partial charge in [-0.2, -0.15) is 29.9 Å². The molecule has 12 heteroatoms. The van der Waals surface area contributed by atoms with Gasteiger partial charge in [0.05, 0.1) is 102 Å². The van der Waals surface area contributed by atoms with Crippen LogP contribution in [0.3, 0.4) is 0 Å². The minimum Gasteiger partial charge on any atom is -0.278 e. The molecule has 0 unspecified atom stereocenters. The van der Waals surface area contributed by atoms with Gasteiger partial charge in [0.1, 0.15) is 0 Å². The number of aromatic nitrogens is 10. The average molecular weight is 1530 g/mol. The van der Waals surface area contributed by atoms with E-state index < -0.39 is 354 Å². The summed E-state index contributed by atoms with van der Waals surface area (Å²) in [5.74, 6) is -3.01. The van der Waals surface area contributed by atoms with E-state index in [4.69, 9.17) is 71.0 Å². The number of fused-ring (bicyclic) bond motifs is 12. The van der Waals surface area contributed by atoms with Crippen molar-refractivity contribution in [2.45, 2.75) is 0 Å². The number of nitrogens with zero attached hydrogens (tertiary/aromatic N) is 10. The summed E-state index contributed by atoms with van der Waals surface area (Å²) in [4.78, 5) is 29.2. The highest BCUT2D eigenvalue weighted by Crippen LogP contribution is 2.38. The molecule has 6 heterocycles. The fraction of sp³-hybridized carbons (Fsp3) is 0. The molecule has 16 aromatic carbocycles. The first-order valence-corrected chi connectivity index (χ1v) is 39.2. The molecule has 0 saturated carbocycles. The Morgan fingerprint density at radius 1 is 0.184 bits per heavy atom. The lowest BCUT2D eigenvalue weighted by Gasteiger charge is -2.34. The molecule has 22 rings (SSSR count). The maximum absolute atomic E-state index is 9.53. The maximum atomic E-state index is 9.53. The summed E-state index contributed by atoms with van der Waals surface area (Å²) < 4.78 is 382. The van der Waals surface area contributed by atoms with Crippen LogP contribution in [0, 0.1) is 0 Å². The second-order valence-corrected chi connectivity index (χ2v) is 33.2. The molecule has 0 atom stereocenters. The third-order valence-electron chi connectivity index (χ3n) is 19.8. The van der Waals surface area contributed by atoms with Crippen LogP contribution in [0.1, 0.15) is 57.6 Å². The summed E-state index contributed by atoms with van der Waals surface area (Å²) >= 11 is 0. The van der Waals surface area contributed by atoms with Crippen molar-refractivity contribution in [1.29, 1.82) is 0 Å². The molecule has 6 aromatic heterocycles. The summed E-state index contributed by atoms with van der Waals surface area (Å²) in [6.45, 7) is 0. The first-order valence-electron chi connectivity index (χ1n) is 56.2. The molecule has 114 heavy (non-hydrogen) atoms. The summed E-state index contributed by atoms with van der Waals surface area (Å²) in [5.41, 5.74) is -3.08. The third kappa shape index (κ3) is 11.1. The SMILES string of the molecule is [2H]c1c([2H])c([2H])c([Si](c2ccccc2)(c2cccc(-c3nc(-n4c5c([2H])c([2H])c([2H])c([2H])c5c5c([2H])c([2H])c([2H])c([2H])c54)nc(-n4c5c([2H])c([2H])c([2H])c([2H])c5c5c([2H])c([2H])c([2H])c([2H])c54)n3)c2)c2c([2H])c([2H])c([2H])c([2H])c2[2H])c([2H])c1[2H].[2H]c1c([2H])c([2H])c2c(c1[2H])c1c([2H])c([2H])c([2H])c([2H])c1n2-c1nc(-c2cccc([Si](c3ccccc3)(c3ccccc3)c3ccccc3)c2)nc(-n2c3c([2H])c([2H])c([2H])c([2H])c3c3c([2H])c([2H])c([2H])c([2H])c32)n1. The zero-order valence-corrected chi connectivity index (χ0v) is 60.6. The van der Waals surface area contributed by atoms with Crippen LogP contribution >= 0.6 is 0 Å². The Morgan fingerprint density at radius 3 is 0.623 bits per heavy atom. The van der Waals surface area contributed by atoms with Crippen molar-refractivity contribution in [1.82, 2.24) is 48.2 Å². The minimum atomic E-state index is -5.01. The van der Waals surface area contributed by atoms with Crippen molar-refractivity contribution in [2.75, 3.05) is 0 Å². The smallest absolute Gasteiger partial charge is 0.240 e. The van der Waals surface area contributed by atoms with E-state index in [1.807, 2.05) is 72.8 Å². The molecule has 0 amide bonds. The first-order chi connectivity index (χ1) is 74.0. The fourth-order valence-corrected chi connectivity index (χ4v) is 24.1. The first kappa shape index (κ1) is 36.8. The van der Waals surface area contributed by atoms with E-state index in [1.165, 1.54) is 36.4 Å². The quantitative estimate of drug-likeness (QED) is 0.0795. The van der Waals surface area contributed by atoms with Crippen molar-refractivity contribution >= 4 is 145 Å². The fourth-order valence-electron chi connectivity index (χ4n) is 15.1. The maximum Gasteiger partial charge on any atom is 0.240 e. The standard InChI is InChI=1S/2C51H35N5Si/c2*1-4-20-37(21-5-1)57(38-22-6-2-7-23-38,39-24-8-3-9-25-39)40-26-18-19-36(35-40)49-52-50(55-45-31-14-10-27-41(45)42-28-11-15-32-46(42)55)54-51(53-49)56-47-33-16-12-29-43(47)44-30-13-17-34-48(44)56/h2*1-35H/i1D,2D,4D,5D,6D,7D,10D,11D,12D,13D,14D,15D,16D,17D,20D,21D,22D,23D,27D,28D,29D,30D,31D,32D,33D,34D;10D,11D,12D,13D,14D,15D,16D,17D,27D,28D,29D,30D,31D,32D,33D,34D. The summed E-state index contributed by atoms with van der Waals surface area (Å²) in [5, 5.41) is 0.479. The van der Waals surface area contributed by atoms with Crippen LogP contribution in [0.2, 0.25) is 0 Å². The van der Waals surface area contributed by atoms with Gasteiger partial charge in [-0.05, 0) is 89.8 Å². The predicted octanol–water partition coefficient (Wildman–Crippen LogP) is 18.2. The van der Waals surface area contributed by atoms with E-state index in [2.05, 4.69) is 36.4 Å². The Labute approximate surface area is 718 Å². The highest BCUT2D eigenvalue weighted by molar-refractivity contribution is 7.20. The summed E-state index contributed by atoms with van der Waals surface area (Å²) in [6.07, 6.45) is 0. The molecule has 0 aliphatic carbocycles. The Morgan fingerprint density at radius 2 is 0.386 bits per heavy atom. The highest BCUT2D eigenvalue weighted by Gasteiger charge is 2.43. The Kier molecular flexibility index (Phi) is 9.12. The largest absolute Gasteiger partial charge is 0.278 e. The van der Waals surface area contributed by atoms with Gasteiger partial charge in [-0.1, -0.05) is 375 Å². The van der Waals surface area contributed by atoms with E-state index >= 15 is 0 Å². The number of hydrogen-bond donors (Lipinski definition) is 0. The van der Waals surface area contributed by atoms with Gasteiger partial charge in [0.25, 0.3) is 0 Å². The van der Waals surface area contributed by atoms with Crippen molar-refractivity contribution < 1.29 is 57.6 Å². The molecule has 0 spiro atoms. The Hall–Kier alpha value is -14.8. The van der Waals surface area contributed by atoms with Crippen molar-refractivity contribution in [2.24, 2.45) is 0 Å². The van der Waals surface area contributed by atoms with E-state index in [-0.39, 0.29) is 65.4 Å². The van der Waals surface area contributed by atoms with E-state index in [9.17, 15) is 16.4 Å². The molecule has 0 aliphatic heterocycles. The van der Waals surface area contributed by atoms with Crippen LogP contribution in [0.5, 0.6) is 0 Å². The summed E-state index contributed by atoms with van der Waals surface area (Å²) in [7, 11) is -8.27. The van der Waals surface area contributed by atoms with Gasteiger partial charge in [0.2, 0.25) is 23.8 Å². The van der Waals surface area contributed by atoms with Crippen molar-refractivity contribution in [3.63, 3.8) is 0 Å². The zero-order chi connectivity index (χ0) is 112. The summed E-state index contributed by atoms with van der Waals surface area (Å²) in [6, 6.07) is 19.7. The van der Waals surface area contributed by atoms with Gasteiger partial charge in [-0.3, -0.25) is 18.3 Å². The second kappa shape index (κ2) is 28.2. The molecule has 0 saturated heterocycles. The van der Waals surface area contributed by atoms with Gasteiger partial charge < -0.3 is 0 Å². The molecule has 0 radical (unpaired) electrons. The molecule has 0 fully saturated rings. The molecule has 0 bridgehead atoms. The van der Waals surface area contributed by atoms with Gasteiger partial charge in [-0.15, -0.1) is 0 Å². The lowest BCUT2D eigenvalue weighted by Crippen LogP contribution is -2.74. The third-order valence-corrected chi connectivity index (χ3v) is 29.0. The van der Waals surface area contributed by atoms with Crippen molar-refractivity contribution in [3.05, 3.63) is 424 Å². The molecule has 536 valence electrons. The van der Waals surface area contributed by atoms with Crippen LogP contribution in [0.25, 0.3) is 134 Å². The Bertz CT molecular complexity index is 9190. The Balaban J connectivity index is 0.000000182. The van der Waals surface area contributed by atoms with Crippen LogP contribution in [-0.4, -0.2) is 64.3 Å². The molecule has 10 nitrogen and oxygen atoms in total. The van der Waals surface area contributed by atoms with Crippen LogP contribution in [0.15, 0.2) is 424 Å². The molecule has 0 N–H and O–H groups in total. The van der Waals surface area contributed by atoms with Gasteiger partial charge in [0.15, 0.2) is 27.8 Å². The highest BCUT2D eigenvalue weighted by atomic mass is 28.3. The van der Waals surface area contributed by atoms with E-state index in [0.29, 0.717) is 5.56 Å². The number of benzene rings is 16. The van der Waals surface area contributed by atoms with Gasteiger partial charge in [-0.25, -0.2) is 0 Å². The lowest BCUT2D eigenvalue weighted by molar-refractivity contribution is 0.892. The van der Waals surface area contributed by atoms with Crippen molar-refractivity contribution in [3.8, 4) is 46.6 Å². The van der Waals surface area contributed by atoms with E-state index in [0.717, 1.165) is 39.0 Å². The average Bonchev–Trinajstić information content (AvgIpc) is 1.41. The topological polar surface area (TPSA) is 97.1 Å². The predicted molar refractivity (Wildman–Crippen MR) is 475 cm³/mol. The van der Waals surface area contributed by atoms with Crippen LogP contribution < -0.4 is 41.5 Å². The molecule has 0 aliphatic rings. The number of rotatable bonds is 14. The molecule has 22 aromatic rings. The number of para-hydroxylation sites is 8. The minimum absolute atomic E-state index is 0.0260. The van der Waals surface area contributed by atoms with Crippen LogP contribution in [0.4, 0.5) is 0 Å². The zero-order valence-electron chi connectivity index (χ0n) is 101. The molecular formula is C102H70N10Si2. The second-order valence-electron chi connectivity index (χ2n) is 25.8.